The second-order valence-electron chi connectivity index (χ2n) is 4.77. The van der Waals surface area contributed by atoms with E-state index in [-0.39, 0.29) is 0 Å². The molecule has 0 saturated heterocycles. The van der Waals surface area contributed by atoms with Gasteiger partial charge in [-0.2, -0.15) is 0 Å². The fourth-order valence-electron chi connectivity index (χ4n) is 2.41. The molecule has 104 valence electrons. The standard InChI is InChI=1S/C15H22N2O2/c1-18-14-8-9-17-13(15(14)19-2)11-16-10-12-6-4-3-5-7-12/h3-4,8-9,12,16H,5-7,10-11H2,1-2H3. The highest BCUT2D eigenvalue weighted by Gasteiger charge is 2.12. The molecule has 0 spiro atoms. The van der Waals surface area contributed by atoms with Crippen LogP contribution >= 0.6 is 0 Å². The van der Waals surface area contributed by atoms with Gasteiger partial charge in [0.25, 0.3) is 0 Å². The number of rotatable bonds is 6. The van der Waals surface area contributed by atoms with Crippen molar-refractivity contribution >= 4 is 0 Å². The second-order valence-corrected chi connectivity index (χ2v) is 4.77. The van der Waals surface area contributed by atoms with Crippen LogP contribution in [-0.2, 0) is 6.54 Å². The van der Waals surface area contributed by atoms with Crippen molar-refractivity contribution in [1.82, 2.24) is 10.3 Å². The Morgan fingerprint density at radius 1 is 1.32 bits per heavy atom. The average Bonchev–Trinajstić information content (AvgIpc) is 2.48. The first-order valence-electron chi connectivity index (χ1n) is 6.76. The van der Waals surface area contributed by atoms with Crippen LogP contribution in [0.1, 0.15) is 25.0 Å². The van der Waals surface area contributed by atoms with E-state index in [1.807, 2.05) is 6.07 Å². The highest BCUT2D eigenvalue weighted by atomic mass is 16.5. The summed E-state index contributed by atoms with van der Waals surface area (Å²) in [5, 5.41) is 3.47. The Morgan fingerprint density at radius 3 is 2.89 bits per heavy atom. The molecule has 0 amide bonds. The van der Waals surface area contributed by atoms with Crippen molar-refractivity contribution in [3.05, 3.63) is 30.1 Å². The molecule has 0 radical (unpaired) electrons. The lowest BCUT2D eigenvalue weighted by Gasteiger charge is -2.18. The third-order valence-corrected chi connectivity index (χ3v) is 3.47. The summed E-state index contributed by atoms with van der Waals surface area (Å²) >= 11 is 0. The number of pyridine rings is 1. The lowest BCUT2D eigenvalue weighted by molar-refractivity contribution is 0.347. The van der Waals surface area contributed by atoms with Gasteiger partial charge in [-0.05, 0) is 31.7 Å². The predicted octanol–water partition coefficient (Wildman–Crippen LogP) is 2.54. The van der Waals surface area contributed by atoms with Gasteiger partial charge in [0, 0.05) is 18.8 Å². The molecule has 1 atom stereocenters. The lowest BCUT2D eigenvalue weighted by atomic mass is 9.94. The van der Waals surface area contributed by atoms with Crippen LogP contribution in [0.15, 0.2) is 24.4 Å². The maximum atomic E-state index is 5.37. The predicted molar refractivity (Wildman–Crippen MR) is 75.5 cm³/mol. The third kappa shape index (κ3) is 3.70. The molecule has 1 aliphatic rings. The van der Waals surface area contributed by atoms with E-state index in [1.165, 1.54) is 19.3 Å². The first kappa shape index (κ1) is 13.9. The number of hydrogen-bond acceptors (Lipinski definition) is 4. The van der Waals surface area contributed by atoms with Gasteiger partial charge in [0.2, 0.25) is 0 Å². The number of hydrogen-bond donors (Lipinski definition) is 1. The molecule has 1 heterocycles. The number of aromatic nitrogens is 1. The summed E-state index contributed by atoms with van der Waals surface area (Å²) in [6, 6.07) is 1.81. The van der Waals surface area contributed by atoms with Crippen molar-refractivity contribution in [3.8, 4) is 11.5 Å². The van der Waals surface area contributed by atoms with Crippen LogP contribution in [0.25, 0.3) is 0 Å². The summed E-state index contributed by atoms with van der Waals surface area (Å²) in [5.74, 6) is 2.19. The fourth-order valence-corrected chi connectivity index (χ4v) is 2.41. The van der Waals surface area contributed by atoms with E-state index >= 15 is 0 Å². The Morgan fingerprint density at radius 2 is 2.21 bits per heavy atom. The average molecular weight is 262 g/mol. The van der Waals surface area contributed by atoms with Crippen LogP contribution in [0.5, 0.6) is 11.5 Å². The van der Waals surface area contributed by atoms with Crippen LogP contribution < -0.4 is 14.8 Å². The van der Waals surface area contributed by atoms with Crippen LogP contribution in [0.2, 0.25) is 0 Å². The number of methoxy groups -OCH3 is 2. The SMILES string of the molecule is COc1ccnc(CNCC2CC=CCC2)c1OC. The molecule has 0 saturated carbocycles. The molecule has 2 rings (SSSR count). The number of nitrogens with one attached hydrogen (secondary N) is 1. The highest BCUT2D eigenvalue weighted by molar-refractivity contribution is 5.42. The van der Waals surface area contributed by atoms with E-state index in [9.17, 15) is 0 Å². The minimum Gasteiger partial charge on any atom is -0.493 e. The molecule has 0 bridgehead atoms. The molecule has 1 aromatic heterocycles. The zero-order valence-corrected chi connectivity index (χ0v) is 11.7. The van der Waals surface area contributed by atoms with E-state index in [0.29, 0.717) is 6.54 Å². The minimum atomic E-state index is 0.709. The molecule has 0 fully saturated rings. The minimum absolute atomic E-state index is 0.709. The van der Waals surface area contributed by atoms with Crippen molar-refractivity contribution in [2.24, 2.45) is 5.92 Å². The van der Waals surface area contributed by atoms with Gasteiger partial charge < -0.3 is 14.8 Å². The molecular formula is C15H22N2O2. The summed E-state index contributed by atoms with van der Waals surface area (Å²) in [6.07, 6.45) is 9.94. The Hall–Kier alpha value is -1.55. The Balaban J connectivity index is 1.90. The van der Waals surface area contributed by atoms with Gasteiger partial charge in [-0.1, -0.05) is 12.2 Å². The quantitative estimate of drug-likeness (QED) is 0.800. The van der Waals surface area contributed by atoms with Gasteiger partial charge in [0.05, 0.1) is 19.9 Å². The summed E-state index contributed by atoms with van der Waals surface area (Å²) in [7, 11) is 3.29. The third-order valence-electron chi connectivity index (χ3n) is 3.47. The topological polar surface area (TPSA) is 43.4 Å². The molecule has 4 heteroatoms. The summed E-state index contributed by atoms with van der Waals surface area (Å²) in [6.45, 7) is 1.73. The Bertz CT molecular complexity index is 432. The van der Waals surface area contributed by atoms with Crippen molar-refractivity contribution in [2.45, 2.75) is 25.8 Å². The van der Waals surface area contributed by atoms with Gasteiger partial charge in [-0.3, -0.25) is 4.98 Å². The number of ether oxygens (including phenoxy) is 2. The molecule has 1 aromatic rings. The van der Waals surface area contributed by atoms with Gasteiger partial charge in [-0.15, -0.1) is 0 Å². The normalized spacial score (nSPS) is 18.3. The number of allylic oxidation sites excluding steroid dienone is 2. The lowest BCUT2D eigenvalue weighted by Crippen LogP contribution is -2.23. The van der Waals surface area contributed by atoms with Crippen LogP contribution in [-0.4, -0.2) is 25.7 Å². The van der Waals surface area contributed by atoms with Crippen molar-refractivity contribution in [3.63, 3.8) is 0 Å². The summed E-state index contributed by atoms with van der Waals surface area (Å²) in [5.41, 5.74) is 0.896. The maximum Gasteiger partial charge on any atom is 0.183 e. The van der Waals surface area contributed by atoms with Gasteiger partial charge >= 0.3 is 0 Å². The van der Waals surface area contributed by atoms with Crippen LogP contribution in [0.4, 0.5) is 0 Å². The fraction of sp³-hybridized carbons (Fsp3) is 0.533. The van der Waals surface area contributed by atoms with E-state index in [0.717, 1.165) is 29.7 Å². The molecule has 4 nitrogen and oxygen atoms in total. The molecule has 1 N–H and O–H groups in total. The molecule has 19 heavy (non-hydrogen) atoms. The maximum absolute atomic E-state index is 5.37. The first-order valence-corrected chi connectivity index (χ1v) is 6.76. The Labute approximate surface area is 114 Å². The van der Waals surface area contributed by atoms with E-state index in [1.54, 1.807) is 20.4 Å². The van der Waals surface area contributed by atoms with Gasteiger partial charge in [0.1, 0.15) is 0 Å². The zero-order valence-electron chi connectivity index (χ0n) is 11.7. The van der Waals surface area contributed by atoms with Gasteiger partial charge in [0.15, 0.2) is 11.5 Å². The van der Waals surface area contributed by atoms with Crippen molar-refractivity contribution < 1.29 is 9.47 Å². The molecule has 0 aromatic carbocycles. The second kappa shape index (κ2) is 7.14. The summed E-state index contributed by atoms with van der Waals surface area (Å²) in [4.78, 5) is 4.36. The molecule has 1 aliphatic carbocycles. The Kier molecular flexibility index (Phi) is 5.21. The zero-order chi connectivity index (χ0) is 13.5. The molecular weight excluding hydrogens is 240 g/mol. The highest BCUT2D eigenvalue weighted by Crippen LogP contribution is 2.28. The van der Waals surface area contributed by atoms with Crippen molar-refractivity contribution in [1.29, 1.82) is 0 Å². The van der Waals surface area contributed by atoms with E-state index in [2.05, 4.69) is 22.5 Å². The van der Waals surface area contributed by atoms with E-state index < -0.39 is 0 Å². The van der Waals surface area contributed by atoms with Crippen LogP contribution in [0, 0.1) is 5.92 Å². The largest absolute Gasteiger partial charge is 0.493 e. The number of nitrogens with zero attached hydrogens (tertiary/aromatic N) is 1. The van der Waals surface area contributed by atoms with Crippen LogP contribution in [0.3, 0.4) is 0 Å². The van der Waals surface area contributed by atoms with Gasteiger partial charge in [-0.25, -0.2) is 0 Å². The van der Waals surface area contributed by atoms with E-state index in [4.69, 9.17) is 9.47 Å². The van der Waals surface area contributed by atoms with Crippen molar-refractivity contribution in [2.75, 3.05) is 20.8 Å². The molecule has 1 unspecified atom stereocenters. The smallest absolute Gasteiger partial charge is 0.183 e. The first-order chi connectivity index (χ1) is 9.35. The molecule has 0 aliphatic heterocycles. The monoisotopic (exact) mass is 262 g/mol. The summed E-state index contributed by atoms with van der Waals surface area (Å²) < 4.78 is 10.6.